The van der Waals surface area contributed by atoms with Crippen LogP contribution in [0.4, 0.5) is 4.79 Å². The molecule has 1 aliphatic heterocycles. The van der Waals surface area contributed by atoms with E-state index < -0.39 is 5.54 Å². The highest BCUT2D eigenvalue weighted by molar-refractivity contribution is 6.07. The number of urea groups is 1. The second kappa shape index (κ2) is 2.49. The fourth-order valence-electron chi connectivity index (χ4n) is 3.45. The number of rotatable bonds is 0. The first-order valence-corrected chi connectivity index (χ1v) is 5.33. The predicted octanol–water partition coefficient (Wildman–Crippen LogP) is 0.775. The van der Waals surface area contributed by atoms with E-state index in [0.717, 1.165) is 12.8 Å². The van der Waals surface area contributed by atoms with Crippen molar-refractivity contribution in [2.24, 2.45) is 11.8 Å². The molecule has 2 aliphatic carbocycles. The Labute approximate surface area is 82.4 Å². The molecule has 0 aromatic heterocycles. The minimum Gasteiger partial charge on any atom is -0.323 e. The first-order valence-electron chi connectivity index (χ1n) is 5.33. The van der Waals surface area contributed by atoms with E-state index in [4.69, 9.17) is 0 Å². The highest BCUT2D eigenvalue weighted by atomic mass is 16.2. The lowest BCUT2D eigenvalue weighted by Crippen LogP contribution is -2.44. The van der Waals surface area contributed by atoms with Gasteiger partial charge in [-0.15, -0.1) is 0 Å². The third-order valence-corrected chi connectivity index (χ3v) is 4.05. The zero-order valence-corrected chi connectivity index (χ0v) is 8.01. The standard InChI is InChI=1S/C10H14N2O2/c13-8-10(12-9(14)11-8)4-6-2-1-3-7(6)5-10/h6-7H,1-5H2,(H2,11,12,13,14)/t6-,7+,10?. The van der Waals surface area contributed by atoms with Crippen LogP contribution >= 0.6 is 0 Å². The molecule has 4 nitrogen and oxygen atoms in total. The molecule has 0 bridgehead atoms. The molecule has 2 saturated carbocycles. The van der Waals surface area contributed by atoms with Crippen LogP contribution in [-0.4, -0.2) is 17.5 Å². The van der Waals surface area contributed by atoms with E-state index >= 15 is 0 Å². The minimum absolute atomic E-state index is 0.100. The summed E-state index contributed by atoms with van der Waals surface area (Å²) in [5, 5.41) is 5.16. The van der Waals surface area contributed by atoms with Crippen LogP contribution in [0.3, 0.4) is 0 Å². The van der Waals surface area contributed by atoms with Crippen LogP contribution in [0.25, 0.3) is 0 Å². The van der Waals surface area contributed by atoms with Crippen LogP contribution < -0.4 is 10.6 Å². The van der Waals surface area contributed by atoms with Crippen LogP contribution in [-0.2, 0) is 4.79 Å². The normalized spacial score (nSPS) is 45.4. The molecule has 1 heterocycles. The number of hydrogen-bond acceptors (Lipinski definition) is 2. The van der Waals surface area contributed by atoms with E-state index in [9.17, 15) is 9.59 Å². The maximum Gasteiger partial charge on any atom is 0.322 e. The first kappa shape index (κ1) is 8.26. The van der Waals surface area contributed by atoms with Crippen molar-refractivity contribution in [3.05, 3.63) is 0 Å². The highest BCUT2D eigenvalue weighted by Crippen LogP contribution is 2.49. The summed E-state index contributed by atoms with van der Waals surface area (Å²) in [5.74, 6) is 1.23. The lowest BCUT2D eigenvalue weighted by Gasteiger charge is -2.20. The minimum atomic E-state index is -0.535. The van der Waals surface area contributed by atoms with Gasteiger partial charge in [-0.1, -0.05) is 19.3 Å². The second-order valence-electron chi connectivity index (χ2n) is 4.85. The molecule has 3 atom stereocenters. The van der Waals surface area contributed by atoms with Gasteiger partial charge < -0.3 is 5.32 Å². The van der Waals surface area contributed by atoms with E-state index in [1.807, 2.05) is 0 Å². The fourth-order valence-corrected chi connectivity index (χ4v) is 3.45. The van der Waals surface area contributed by atoms with Gasteiger partial charge in [-0.05, 0) is 24.7 Å². The Kier molecular flexibility index (Phi) is 1.47. The molecule has 2 N–H and O–H groups in total. The van der Waals surface area contributed by atoms with Gasteiger partial charge in [0, 0.05) is 0 Å². The van der Waals surface area contributed by atoms with E-state index in [2.05, 4.69) is 10.6 Å². The number of hydrogen-bond donors (Lipinski definition) is 2. The maximum absolute atomic E-state index is 11.6. The van der Waals surface area contributed by atoms with Crippen LogP contribution in [0.15, 0.2) is 0 Å². The van der Waals surface area contributed by atoms with Crippen molar-refractivity contribution in [3.63, 3.8) is 0 Å². The van der Waals surface area contributed by atoms with Crippen molar-refractivity contribution >= 4 is 11.9 Å². The van der Waals surface area contributed by atoms with Crippen LogP contribution in [0.5, 0.6) is 0 Å². The van der Waals surface area contributed by atoms with Crippen molar-refractivity contribution in [1.29, 1.82) is 0 Å². The summed E-state index contributed by atoms with van der Waals surface area (Å²) in [7, 11) is 0. The zero-order chi connectivity index (χ0) is 9.76. The van der Waals surface area contributed by atoms with Gasteiger partial charge in [-0.2, -0.15) is 0 Å². The Bertz CT molecular complexity index is 301. The average Bonchev–Trinajstić information content (AvgIpc) is 2.67. The van der Waals surface area contributed by atoms with Crippen LogP contribution in [0, 0.1) is 11.8 Å². The van der Waals surface area contributed by atoms with E-state index in [-0.39, 0.29) is 11.9 Å². The molecule has 4 heteroatoms. The maximum atomic E-state index is 11.6. The number of carbonyl (C=O) groups is 2. The summed E-state index contributed by atoms with van der Waals surface area (Å²) in [6.07, 6.45) is 5.47. The molecule has 3 aliphatic rings. The summed E-state index contributed by atoms with van der Waals surface area (Å²) >= 11 is 0. The predicted molar refractivity (Wildman–Crippen MR) is 49.5 cm³/mol. The summed E-state index contributed by atoms with van der Waals surface area (Å²) in [6.45, 7) is 0. The molecule has 3 rings (SSSR count). The van der Waals surface area contributed by atoms with E-state index in [1.54, 1.807) is 0 Å². The van der Waals surface area contributed by atoms with E-state index in [1.165, 1.54) is 19.3 Å². The fraction of sp³-hybridized carbons (Fsp3) is 0.800. The lowest BCUT2D eigenvalue weighted by atomic mass is 9.94. The quantitative estimate of drug-likeness (QED) is 0.560. The monoisotopic (exact) mass is 194 g/mol. The largest absolute Gasteiger partial charge is 0.323 e. The van der Waals surface area contributed by atoms with Gasteiger partial charge in [0.1, 0.15) is 5.54 Å². The highest BCUT2D eigenvalue weighted by Gasteiger charge is 2.55. The lowest BCUT2D eigenvalue weighted by molar-refractivity contribution is -0.124. The molecule has 0 radical (unpaired) electrons. The molecular weight excluding hydrogens is 180 g/mol. The topological polar surface area (TPSA) is 58.2 Å². The van der Waals surface area contributed by atoms with Gasteiger partial charge in [0.2, 0.25) is 0 Å². The SMILES string of the molecule is O=C1NC(=O)C2(C[C@H]3CCC[C@H]3C2)N1. The van der Waals surface area contributed by atoms with Crippen molar-refractivity contribution < 1.29 is 9.59 Å². The number of amides is 3. The molecule has 0 aromatic carbocycles. The average molecular weight is 194 g/mol. The summed E-state index contributed by atoms with van der Waals surface area (Å²) in [4.78, 5) is 22.7. The number of imide groups is 1. The van der Waals surface area contributed by atoms with Gasteiger partial charge in [-0.25, -0.2) is 4.79 Å². The summed E-state index contributed by atoms with van der Waals surface area (Å²) in [6, 6.07) is -0.310. The number of fused-ring (bicyclic) bond motifs is 1. The van der Waals surface area contributed by atoms with Gasteiger partial charge in [0.05, 0.1) is 0 Å². The molecule has 3 fully saturated rings. The molecule has 1 unspecified atom stereocenters. The summed E-state index contributed by atoms with van der Waals surface area (Å²) in [5.41, 5.74) is -0.535. The molecule has 1 saturated heterocycles. The van der Waals surface area contributed by atoms with Crippen LogP contribution in [0.1, 0.15) is 32.1 Å². The third-order valence-electron chi connectivity index (χ3n) is 4.05. The van der Waals surface area contributed by atoms with Crippen molar-refractivity contribution in [2.75, 3.05) is 0 Å². The number of carbonyl (C=O) groups excluding carboxylic acids is 2. The van der Waals surface area contributed by atoms with Gasteiger partial charge >= 0.3 is 6.03 Å². The molecule has 0 aromatic rings. The Hall–Kier alpha value is -1.06. The number of nitrogens with one attached hydrogen (secondary N) is 2. The molecular formula is C10H14N2O2. The van der Waals surface area contributed by atoms with Crippen molar-refractivity contribution in [3.8, 4) is 0 Å². The first-order chi connectivity index (χ1) is 6.70. The third kappa shape index (κ3) is 0.938. The Morgan fingerprint density at radius 1 is 1.14 bits per heavy atom. The van der Waals surface area contributed by atoms with Crippen molar-refractivity contribution in [2.45, 2.75) is 37.6 Å². The van der Waals surface area contributed by atoms with Crippen LogP contribution in [0.2, 0.25) is 0 Å². The zero-order valence-electron chi connectivity index (χ0n) is 8.01. The Morgan fingerprint density at radius 3 is 2.29 bits per heavy atom. The molecule has 14 heavy (non-hydrogen) atoms. The summed E-state index contributed by atoms with van der Waals surface area (Å²) < 4.78 is 0. The van der Waals surface area contributed by atoms with Gasteiger partial charge in [0.25, 0.3) is 5.91 Å². The Balaban J connectivity index is 1.86. The van der Waals surface area contributed by atoms with Gasteiger partial charge in [-0.3, -0.25) is 10.1 Å². The second-order valence-corrected chi connectivity index (χ2v) is 4.85. The van der Waals surface area contributed by atoms with Crippen molar-refractivity contribution in [1.82, 2.24) is 10.6 Å². The molecule has 3 amide bonds. The van der Waals surface area contributed by atoms with E-state index in [0.29, 0.717) is 11.8 Å². The Morgan fingerprint density at radius 2 is 1.79 bits per heavy atom. The molecule has 1 spiro atoms. The smallest absolute Gasteiger partial charge is 0.322 e. The molecule has 76 valence electrons. The van der Waals surface area contributed by atoms with Gasteiger partial charge in [0.15, 0.2) is 0 Å².